The number of carbonyl (C=O) groups excluding carboxylic acids is 1. The second-order valence-corrected chi connectivity index (χ2v) is 5.63. The predicted molar refractivity (Wildman–Crippen MR) is 70.8 cm³/mol. The van der Waals surface area contributed by atoms with Gasteiger partial charge in [0.15, 0.2) is 0 Å². The zero-order chi connectivity index (χ0) is 14.7. The molecule has 0 aromatic heterocycles. The molecule has 1 aromatic carbocycles. The lowest BCUT2D eigenvalue weighted by molar-refractivity contribution is -0.387. The highest BCUT2D eigenvalue weighted by Crippen LogP contribution is 2.23. The summed E-state index contributed by atoms with van der Waals surface area (Å²) >= 11 is 1.76. The fourth-order valence-corrected chi connectivity index (χ4v) is 3.08. The van der Waals surface area contributed by atoms with Crippen molar-refractivity contribution in [3.8, 4) is 0 Å². The molecule has 1 N–H and O–H groups in total. The Morgan fingerprint density at radius 2 is 2.00 bits per heavy atom. The zero-order valence-corrected chi connectivity index (χ0v) is 11.2. The quantitative estimate of drug-likeness (QED) is 0.688. The van der Waals surface area contributed by atoms with Crippen LogP contribution in [-0.2, 0) is 0 Å². The minimum Gasteiger partial charge on any atom is -0.349 e. The van der Waals surface area contributed by atoms with E-state index in [-0.39, 0.29) is 6.04 Å². The van der Waals surface area contributed by atoms with Crippen molar-refractivity contribution in [3.05, 3.63) is 39.4 Å². The molecule has 108 valence electrons. The highest BCUT2D eigenvalue weighted by Gasteiger charge is 2.26. The average Bonchev–Trinajstić information content (AvgIpc) is 2.41. The number of nitrogens with one attached hydrogen (secondary N) is 1. The van der Waals surface area contributed by atoms with Gasteiger partial charge < -0.3 is 5.32 Å². The summed E-state index contributed by atoms with van der Waals surface area (Å²) in [6, 6.07) is 1.03. The Morgan fingerprint density at radius 1 is 1.35 bits per heavy atom. The Hall–Kier alpha value is -1.70. The van der Waals surface area contributed by atoms with Gasteiger partial charge in [0.05, 0.1) is 16.6 Å². The fourth-order valence-electron chi connectivity index (χ4n) is 1.98. The van der Waals surface area contributed by atoms with Crippen LogP contribution in [0, 0.1) is 21.7 Å². The maximum atomic E-state index is 13.8. The number of rotatable bonds is 3. The first kappa shape index (κ1) is 14.7. The third kappa shape index (κ3) is 3.24. The van der Waals surface area contributed by atoms with Crippen molar-refractivity contribution in [3.63, 3.8) is 0 Å². The van der Waals surface area contributed by atoms with Gasteiger partial charge >= 0.3 is 5.69 Å². The second kappa shape index (κ2) is 6.17. The minimum atomic E-state index is -1.31. The predicted octanol–water partition coefficient (Wildman–Crippen LogP) is 2.50. The highest BCUT2D eigenvalue weighted by atomic mass is 32.2. The number of nitro benzene ring substituents is 1. The van der Waals surface area contributed by atoms with Crippen molar-refractivity contribution in [2.75, 3.05) is 11.5 Å². The number of halogens is 2. The average molecular weight is 302 g/mol. The fraction of sp³-hybridized carbons (Fsp3) is 0.417. The topological polar surface area (TPSA) is 72.2 Å². The van der Waals surface area contributed by atoms with E-state index in [1.807, 2.05) is 0 Å². The van der Waals surface area contributed by atoms with Crippen molar-refractivity contribution in [2.45, 2.75) is 18.9 Å². The van der Waals surface area contributed by atoms with Gasteiger partial charge in [-0.25, -0.2) is 4.39 Å². The van der Waals surface area contributed by atoms with Gasteiger partial charge in [-0.1, -0.05) is 0 Å². The van der Waals surface area contributed by atoms with Crippen LogP contribution in [0.2, 0.25) is 0 Å². The van der Waals surface area contributed by atoms with E-state index in [0.717, 1.165) is 24.3 Å². The SMILES string of the molecule is O=C(NC1CCSCC1)c1cc(F)cc([N+](=O)[O-])c1F. The number of amides is 1. The molecule has 0 spiro atoms. The van der Waals surface area contributed by atoms with Crippen molar-refractivity contribution < 1.29 is 18.5 Å². The number of hydrogen-bond donors (Lipinski definition) is 1. The molecule has 0 aliphatic carbocycles. The van der Waals surface area contributed by atoms with Crippen LogP contribution in [0.25, 0.3) is 0 Å². The smallest absolute Gasteiger partial charge is 0.308 e. The van der Waals surface area contributed by atoms with Crippen LogP contribution >= 0.6 is 11.8 Å². The third-order valence-electron chi connectivity index (χ3n) is 3.02. The van der Waals surface area contributed by atoms with Crippen molar-refractivity contribution in [1.82, 2.24) is 5.32 Å². The van der Waals surface area contributed by atoms with Gasteiger partial charge in [0.2, 0.25) is 5.82 Å². The van der Waals surface area contributed by atoms with Crippen LogP contribution in [0.4, 0.5) is 14.5 Å². The van der Waals surface area contributed by atoms with Crippen molar-refractivity contribution >= 4 is 23.4 Å². The summed E-state index contributed by atoms with van der Waals surface area (Å²) in [4.78, 5) is 21.5. The van der Waals surface area contributed by atoms with E-state index >= 15 is 0 Å². The van der Waals surface area contributed by atoms with Gasteiger partial charge in [-0.3, -0.25) is 14.9 Å². The second-order valence-electron chi connectivity index (χ2n) is 4.40. The zero-order valence-electron chi connectivity index (χ0n) is 10.4. The van der Waals surface area contributed by atoms with E-state index in [0.29, 0.717) is 12.1 Å². The molecule has 0 atom stereocenters. The number of hydrogen-bond acceptors (Lipinski definition) is 4. The standard InChI is InChI=1S/C12H12F2N2O3S/c13-7-5-9(11(14)10(6-7)16(18)19)12(17)15-8-1-3-20-4-2-8/h5-6,8H,1-4H2,(H,15,17). The molecule has 1 aromatic rings. The molecule has 0 bridgehead atoms. The minimum absolute atomic E-state index is 0.106. The summed E-state index contributed by atoms with van der Waals surface area (Å²) in [6.45, 7) is 0. The summed E-state index contributed by atoms with van der Waals surface area (Å²) in [7, 11) is 0. The van der Waals surface area contributed by atoms with Gasteiger partial charge in [-0.05, 0) is 30.4 Å². The van der Waals surface area contributed by atoms with E-state index < -0.39 is 33.7 Å². The summed E-state index contributed by atoms with van der Waals surface area (Å²) in [5, 5.41) is 13.2. The van der Waals surface area contributed by atoms with Crippen LogP contribution in [0.15, 0.2) is 12.1 Å². The van der Waals surface area contributed by atoms with E-state index in [1.165, 1.54) is 0 Å². The molecule has 20 heavy (non-hydrogen) atoms. The lowest BCUT2D eigenvalue weighted by atomic mass is 10.1. The van der Waals surface area contributed by atoms with Crippen LogP contribution in [0.1, 0.15) is 23.2 Å². The third-order valence-corrected chi connectivity index (χ3v) is 4.06. The number of nitro groups is 1. The molecule has 2 rings (SSSR count). The van der Waals surface area contributed by atoms with Gasteiger partial charge in [-0.15, -0.1) is 0 Å². The normalized spacial score (nSPS) is 15.9. The molecular formula is C12H12F2N2O3S. The number of nitrogens with zero attached hydrogens (tertiary/aromatic N) is 1. The Morgan fingerprint density at radius 3 is 2.60 bits per heavy atom. The summed E-state index contributed by atoms with van der Waals surface area (Å²) in [5.74, 6) is -1.36. The molecule has 8 heteroatoms. The summed E-state index contributed by atoms with van der Waals surface area (Å²) in [6.07, 6.45) is 1.49. The lowest BCUT2D eigenvalue weighted by Crippen LogP contribution is -2.37. The number of carbonyl (C=O) groups is 1. The van der Waals surface area contributed by atoms with E-state index in [1.54, 1.807) is 11.8 Å². The monoisotopic (exact) mass is 302 g/mol. The summed E-state index contributed by atoms with van der Waals surface area (Å²) in [5.41, 5.74) is -1.66. The molecule has 1 aliphatic rings. The van der Waals surface area contributed by atoms with E-state index in [2.05, 4.69) is 5.32 Å². The van der Waals surface area contributed by atoms with Gasteiger partial charge in [0.25, 0.3) is 5.91 Å². The largest absolute Gasteiger partial charge is 0.349 e. The van der Waals surface area contributed by atoms with Crippen molar-refractivity contribution in [1.29, 1.82) is 0 Å². The van der Waals surface area contributed by atoms with Crippen LogP contribution < -0.4 is 5.32 Å². The molecule has 5 nitrogen and oxygen atoms in total. The molecule has 0 saturated carbocycles. The number of thioether (sulfide) groups is 1. The molecule has 1 aliphatic heterocycles. The van der Waals surface area contributed by atoms with Gasteiger partial charge in [0, 0.05) is 6.04 Å². The summed E-state index contributed by atoms with van der Waals surface area (Å²) < 4.78 is 27.1. The lowest BCUT2D eigenvalue weighted by Gasteiger charge is -2.22. The first-order chi connectivity index (χ1) is 9.49. The van der Waals surface area contributed by atoms with Crippen LogP contribution in [0.5, 0.6) is 0 Å². The highest BCUT2D eigenvalue weighted by molar-refractivity contribution is 7.99. The molecular weight excluding hydrogens is 290 g/mol. The molecule has 0 radical (unpaired) electrons. The van der Waals surface area contributed by atoms with Crippen molar-refractivity contribution in [2.24, 2.45) is 0 Å². The molecule has 1 saturated heterocycles. The Balaban J connectivity index is 2.22. The Bertz CT molecular complexity index is 548. The molecule has 1 amide bonds. The maximum absolute atomic E-state index is 13.8. The van der Waals surface area contributed by atoms with Gasteiger partial charge in [-0.2, -0.15) is 16.2 Å². The van der Waals surface area contributed by atoms with Gasteiger partial charge in [0.1, 0.15) is 5.82 Å². The Kier molecular flexibility index (Phi) is 4.53. The maximum Gasteiger partial charge on any atom is 0.308 e. The van der Waals surface area contributed by atoms with E-state index in [4.69, 9.17) is 0 Å². The molecule has 1 heterocycles. The van der Waals surface area contributed by atoms with Crippen LogP contribution in [-0.4, -0.2) is 28.4 Å². The van der Waals surface area contributed by atoms with Crippen LogP contribution in [0.3, 0.4) is 0 Å². The first-order valence-electron chi connectivity index (χ1n) is 6.01. The molecule has 1 fully saturated rings. The molecule has 0 unspecified atom stereocenters. The van der Waals surface area contributed by atoms with E-state index in [9.17, 15) is 23.7 Å². The first-order valence-corrected chi connectivity index (χ1v) is 7.16. The number of benzene rings is 1. The Labute approximate surface area is 117 Å².